The molecule has 1 N–H and O–H groups in total. The molecule has 3 aliphatic heterocycles. The molecule has 1 aromatic heterocycles. The van der Waals surface area contributed by atoms with Crippen molar-refractivity contribution in [2.45, 2.75) is 51.1 Å². The highest BCUT2D eigenvalue weighted by atomic mass is 19.4. The van der Waals surface area contributed by atoms with Crippen LogP contribution in [0.1, 0.15) is 37.4 Å². The van der Waals surface area contributed by atoms with Crippen LogP contribution in [0.25, 0.3) is 0 Å². The minimum Gasteiger partial charge on any atom is -0.489 e. The summed E-state index contributed by atoms with van der Waals surface area (Å²) < 4.78 is 115. The van der Waals surface area contributed by atoms with Crippen LogP contribution in [-0.2, 0) is 14.3 Å². The zero-order valence-electron chi connectivity index (χ0n) is 22.5. The molecule has 7 nitrogen and oxygen atoms in total. The van der Waals surface area contributed by atoms with Gasteiger partial charge in [-0.25, -0.2) is 4.39 Å². The van der Waals surface area contributed by atoms with Crippen LogP contribution in [0.15, 0.2) is 24.5 Å². The number of alkyl halides is 5. The molecule has 0 radical (unpaired) electrons. The van der Waals surface area contributed by atoms with Gasteiger partial charge in [-0.15, -0.1) is 0 Å². The number of likely N-dealkylation sites (tertiary alicyclic amines) is 1. The fourth-order valence-electron chi connectivity index (χ4n) is 5.92. The third-order valence-corrected chi connectivity index (χ3v) is 8.48. The lowest BCUT2D eigenvalue weighted by Crippen LogP contribution is -2.66. The number of carbonyl (C=O) groups is 1. The Labute approximate surface area is 231 Å². The first kappa shape index (κ1) is 29.6. The van der Waals surface area contributed by atoms with E-state index in [1.807, 2.05) is 4.90 Å². The second-order valence-corrected chi connectivity index (χ2v) is 11.4. The highest BCUT2D eigenvalue weighted by Gasteiger charge is 2.66. The Hall–Kier alpha value is -2.84. The minimum atomic E-state index is -4.94. The summed E-state index contributed by atoms with van der Waals surface area (Å²) in [6.07, 6.45) is -4.77. The minimum absolute atomic E-state index is 0.0585. The van der Waals surface area contributed by atoms with Crippen LogP contribution in [0.2, 0.25) is 0 Å². The molecule has 3 fully saturated rings. The number of benzene rings is 1. The number of amides is 1. The Morgan fingerprint density at radius 1 is 1.20 bits per heavy atom. The normalized spacial score (nSPS) is 27.6. The predicted molar refractivity (Wildman–Crippen MR) is 132 cm³/mol. The number of halogens is 7. The van der Waals surface area contributed by atoms with E-state index in [1.54, 1.807) is 0 Å². The van der Waals surface area contributed by atoms with Crippen LogP contribution in [-0.4, -0.2) is 72.7 Å². The van der Waals surface area contributed by atoms with Crippen molar-refractivity contribution in [2.75, 3.05) is 44.8 Å². The van der Waals surface area contributed by atoms with Gasteiger partial charge in [-0.3, -0.25) is 14.3 Å². The van der Waals surface area contributed by atoms with E-state index in [1.165, 1.54) is 13.8 Å². The molecule has 41 heavy (non-hydrogen) atoms. The maximum Gasteiger partial charge on any atom is 0.417 e. The topological polar surface area (TPSA) is 65.0 Å². The zero-order valence-corrected chi connectivity index (χ0v) is 22.5. The summed E-state index contributed by atoms with van der Waals surface area (Å²) in [5.41, 5.74) is -2.72. The Morgan fingerprint density at radius 3 is 2.44 bits per heavy atom. The van der Waals surface area contributed by atoms with Gasteiger partial charge in [-0.1, -0.05) is 13.0 Å². The quantitative estimate of drug-likeness (QED) is 0.424. The second kappa shape index (κ2) is 10.5. The Balaban J connectivity index is 1.43. The van der Waals surface area contributed by atoms with Crippen LogP contribution in [0.4, 0.5) is 36.4 Å². The van der Waals surface area contributed by atoms with Crippen molar-refractivity contribution in [1.82, 2.24) is 9.47 Å². The number of nitrogens with one attached hydrogen (secondary N) is 1. The maximum absolute atomic E-state index is 15.1. The molecule has 3 saturated heterocycles. The number of nitrogens with zero attached hydrogens (tertiary/aromatic N) is 2. The van der Waals surface area contributed by atoms with Gasteiger partial charge in [0.25, 0.3) is 5.91 Å². The van der Waals surface area contributed by atoms with Gasteiger partial charge in [0.2, 0.25) is 5.82 Å². The number of aryl methyl sites for hydroxylation is 1. The number of hydrogen-bond acceptors (Lipinski definition) is 5. The fourth-order valence-corrected chi connectivity index (χ4v) is 5.92. The van der Waals surface area contributed by atoms with Crippen molar-refractivity contribution in [3.63, 3.8) is 0 Å². The Kier molecular flexibility index (Phi) is 7.56. The number of carbonyl (C=O) groups excluding carboxylic acids is 1. The van der Waals surface area contributed by atoms with Crippen molar-refractivity contribution < 1.29 is 49.7 Å². The molecule has 4 heterocycles. The summed E-state index contributed by atoms with van der Waals surface area (Å²) in [4.78, 5) is 15.4. The van der Waals surface area contributed by atoms with Crippen LogP contribution >= 0.6 is 0 Å². The van der Waals surface area contributed by atoms with E-state index in [0.29, 0.717) is 24.3 Å². The van der Waals surface area contributed by atoms with E-state index in [4.69, 9.17) is 14.2 Å². The van der Waals surface area contributed by atoms with Gasteiger partial charge in [0, 0.05) is 54.8 Å². The standard InChI is InChI=1S/C27H30F7N3O4/c1-14-8-37(24(30)31)9-18(14)35-23(38)22-19(15(2)25(3,41-22)27(32,33)34)16-4-5-17(28)20(29)21(16)40-7-6-36-10-26(11-36)12-39-13-26/h4-5,8-9,15,19,22,24H,6-7,10-13H2,1-3H3,(H,35,38)/t15-,19-,22+,25+/m0/s1. The maximum atomic E-state index is 15.1. The van der Waals surface area contributed by atoms with E-state index in [2.05, 4.69) is 5.32 Å². The van der Waals surface area contributed by atoms with Crippen LogP contribution in [0.5, 0.6) is 5.75 Å². The van der Waals surface area contributed by atoms with Gasteiger partial charge in [0.15, 0.2) is 17.2 Å². The van der Waals surface area contributed by atoms with Crippen molar-refractivity contribution in [2.24, 2.45) is 11.3 Å². The summed E-state index contributed by atoms with van der Waals surface area (Å²) >= 11 is 0. The molecule has 4 atom stereocenters. The molecule has 1 spiro atoms. The van der Waals surface area contributed by atoms with Gasteiger partial charge in [0.05, 0.1) is 18.9 Å². The van der Waals surface area contributed by atoms with Crippen molar-refractivity contribution in [3.8, 4) is 5.75 Å². The van der Waals surface area contributed by atoms with E-state index in [9.17, 15) is 31.1 Å². The van der Waals surface area contributed by atoms with Crippen LogP contribution in [0, 0.1) is 29.9 Å². The van der Waals surface area contributed by atoms with E-state index < -0.39 is 59.6 Å². The molecule has 0 unspecified atom stereocenters. The van der Waals surface area contributed by atoms with Crippen molar-refractivity contribution in [3.05, 3.63) is 47.3 Å². The molecule has 5 rings (SSSR count). The number of rotatable bonds is 8. The fraction of sp³-hybridized carbons (Fsp3) is 0.593. The molecule has 0 saturated carbocycles. The number of aromatic nitrogens is 1. The monoisotopic (exact) mass is 593 g/mol. The smallest absolute Gasteiger partial charge is 0.417 e. The Morgan fingerprint density at radius 2 is 1.88 bits per heavy atom. The number of anilines is 1. The molecule has 2 aromatic rings. The van der Waals surface area contributed by atoms with Gasteiger partial charge in [-0.2, -0.15) is 26.3 Å². The first-order valence-corrected chi connectivity index (χ1v) is 13.1. The summed E-state index contributed by atoms with van der Waals surface area (Å²) in [6, 6.07) is 1.84. The highest BCUT2D eigenvalue weighted by molar-refractivity contribution is 5.96. The summed E-state index contributed by atoms with van der Waals surface area (Å²) in [7, 11) is 0. The highest BCUT2D eigenvalue weighted by Crippen LogP contribution is 2.55. The molecular formula is C27H30F7N3O4. The predicted octanol–water partition coefficient (Wildman–Crippen LogP) is 5.26. The average Bonchev–Trinajstić information content (AvgIpc) is 3.34. The van der Waals surface area contributed by atoms with Gasteiger partial charge >= 0.3 is 12.7 Å². The molecule has 226 valence electrons. The largest absolute Gasteiger partial charge is 0.489 e. The SMILES string of the molecule is Cc1cn(C(F)F)cc1NC(=O)[C@@H]1O[C@@](C)(C(F)(F)F)[C@@H](C)[C@H]1c1ccc(F)c(F)c1OCCN1CC2(COC2)C1. The zero-order chi connectivity index (χ0) is 29.9. The van der Waals surface area contributed by atoms with Gasteiger partial charge in [-0.05, 0) is 25.5 Å². The van der Waals surface area contributed by atoms with Crippen LogP contribution < -0.4 is 10.1 Å². The third kappa shape index (κ3) is 5.18. The average molecular weight is 594 g/mol. The van der Waals surface area contributed by atoms with Crippen molar-refractivity contribution >= 4 is 11.6 Å². The van der Waals surface area contributed by atoms with Gasteiger partial charge in [0.1, 0.15) is 12.7 Å². The summed E-state index contributed by atoms with van der Waals surface area (Å²) in [5, 5.41) is 2.36. The Bertz CT molecular complexity index is 1300. The van der Waals surface area contributed by atoms with Crippen molar-refractivity contribution in [1.29, 1.82) is 0 Å². The molecule has 1 amide bonds. The van der Waals surface area contributed by atoms with Crippen LogP contribution in [0.3, 0.4) is 0 Å². The van der Waals surface area contributed by atoms with E-state index >= 15 is 4.39 Å². The first-order valence-electron chi connectivity index (χ1n) is 13.1. The lowest BCUT2D eigenvalue weighted by atomic mass is 9.77. The number of hydrogen-bond donors (Lipinski definition) is 1. The molecule has 14 heteroatoms. The molecule has 0 aliphatic carbocycles. The molecular weight excluding hydrogens is 563 g/mol. The molecule has 1 aromatic carbocycles. The molecule has 3 aliphatic rings. The first-order chi connectivity index (χ1) is 19.2. The second-order valence-electron chi connectivity index (χ2n) is 11.4. The van der Waals surface area contributed by atoms with E-state index in [-0.39, 0.29) is 28.8 Å². The van der Waals surface area contributed by atoms with E-state index in [0.717, 1.165) is 44.5 Å². The third-order valence-electron chi connectivity index (χ3n) is 8.48. The number of ether oxygens (including phenoxy) is 3. The molecule has 0 bridgehead atoms. The summed E-state index contributed by atoms with van der Waals surface area (Å²) in [5.74, 6) is -7.21. The summed E-state index contributed by atoms with van der Waals surface area (Å²) in [6.45, 7) is 3.59. The van der Waals surface area contributed by atoms with Gasteiger partial charge < -0.3 is 19.5 Å². The lowest BCUT2D eigenvalue weighted by molar-refractivity contribution is -0.272. The lowest BCUT2D eigenvalue weighted by Gasteiger charge is -2.55.